The number of rotatable bonds is 4. The first-order chi connectivity index (χ1) is 14.7. The molecule has 1 fully saturated rings. The summed E-state index contributed by atoms with van der Waals surface area (Å²) >= 11 is 0. The normalized spacial score (nSPS) is 17.7. The number of likely N-dealkylation sites (N-methyl/N-ethyl adjacent to an activating group) is 1. The molecule has 0 atom stereocenters. The second kappa shape index (κ2) is 8.16. The first-order valence-electron chi connectivity index (χ1n) is 10.6. The lowest BCUT2D eigenvalue weighted by atomic mass is 9.90. The van der Waals surface area contributed by atoms with Gasteiger partial charge in [0.25, 0.3) is 0 Å². The minimum atomic E-state index is 0.473. The number of pyridine rings is 1. The zero-order valence-corrected chi connectivity index (χ0v) is 17.5. The summed E-state index contributed by atoms with van der Waals surface area (Å²) in [6, 6.07) is 8.47. The number of para-hydroxylation sites is 1. The Kier molecular flexibility index (Phi) is 5.23. The molecule has 156 valence electrons. The van der Waals surface area contributed by atoms with Gasteiger partial charge in [-0.2, -0.15) is 0 Å². The highest BCUT2D eigenvalue weighted by Crippen LogP contribution is 2.33. The zero-order chi connectivity index (χ0) is 20.5. The van der Waals surface area contributed by atoms with E-state index in [4.69, 9.17) is 19.4 Å². The number of aromatic nitrogens is 3. The minimum Gasteiger partial charge on any atom is -0.480 e. The average molecular weight is 406 g/mol. The van der Waals surface area contributed by atoms with Crippen molar-refractivity contribution in [2.75, 3.05) is 39.2 Å². The molecule has 0 saturated carbocycles. The number of anilines is 2. The third-order valence-electron chi connectivity index (χ3n) is 6.07. The SMILES string of the molecule is COc1nc2c(cc1Nc1ncc3cccc(C4CCOCC4)c3n1)CN(C)CC2. The summed E-state index contributed by atoms with van der Waals surface area (Å²) in [5, 5.41) is 4.41. The van der Waals surface area contributed by atoms with Crippen molar-refractivity contribution in [1.82, 2.24) is 19.9 Å². The summed E-state index contributed by atoms with van der Waals surface area (Å²) in [5.41, 5.74) is 5.41. The summed E-state index contributed by atoms with van der Waals surface area (Å²) < 4.78 is 11.1. The van der Waals surface area contributed by atoms with Gasteiger partial charge in [0.2, 0.25) is 11.8 Å². The molecule has 0 radical (unpaired) electrons. The van der Waals surface area contributed by atoms with Gasteiger partial charge in [-0.3, -0.25) is 0 Å². The number of nitrogens with zero attached hydrogens (tertiary/aromatic N) is 4. The molecule has 2 aliphatic rings. The number of nitrogens with one attached hydrogen (secondary N) is 1. The van der Waals surface area contributed by atoms with E-state index in [1.807, 2.05) is 6.20 Å². The topological polar surface area (TPSA) is 72.4 Å². The molecule has 4 heterocycles. The molecular weight excluding hydrogens is 378 g/mol. The van der Waals surface area contributed by atoms with Crippen LogP contribution in [0.2, 0.25) is 0 Å². The molecule has 0 aliphatic carbocycles. The Morgan fingerprint density at radius 1 is 1.20 bits per heavy atom. The monoisotopic (exact) mass is 405 g/mol. The van der Waals surface area contributed by atoms with Crippen molar-refractivity contribution < 1.29 is 9.47 Å². The molecule has 7 nitrogen and oxygen atoms in total. The van der Waals surface area contributed by atoms with E-state index in [2.05, 4.69) is 46.5 Å². The van der Waals surface area contributed by atoms with Crippen LogP contribution in [0.15, 0.2) is 30.5 Å². The van der Waals surface area contributed by atoms with Gasteiger partial charge in [-0.05, 0) is 43.0 Å². The number of ether oxygens (including phenoxy) is 2. The Morgan fingerprint density at radius 2 is 2.07 bits per heavy atom. The highest BCUT2D eigenvalue weighted by molar-refractivity contribution is 5.83. The zero-order valence-electron chi connectivity index (χ0n) is 17.5. The lowest BCUT2D eigenvalue weighted by molar-refractivity contribution is 0.0856. The molecule has 7 heteroatoms. The molecule has 0 unspecified atom stereocenters. The maximum Gasteiger partial charge on any atom is 0.237 e. The Bertz CT molecular complexity index is 1060. The number of methoxy groups -OCH3 is 1. The largest absolute Gasteiger partial charge is 0.480 e. The van der Waals surface area contributed by atoms with Gasteiger partial charge in [-0.1, -0.05) is 18.2 Å². The summed E-state index contributed by atoms with van der Waals surface area (Å²) in [4.78, 5) is 16.5. The van der Waals surface area contributed by atoms with E-state index in [0.29, 0.717) is 17.7 Å². The number of benzene rings is 1. The highest BCUT2D eigenvalue weighted by atomic mass is 16.5. The van der Waals surface area contributed by atoms with Gasteiger partial charge in [0.05, 0.1) is 18.3 Å². The standard InChI is InChI=1S/C23H27N5O2/c1-28-9-6-19-17(14-28)12-20(22(25-19)29-2)26-23-24-13-16-4-3-5-18(21(16)27-23)15-7-10-30-11-8-15/h3-5,12-13,15H,6-11,14H2,1-2H3,(H,24,26,27). The Labute approximate surface area is 176 Å². The minimum absolute atomic E-state index is 0.473. The van der Waals surface area contributed by atoms with Crippen LogP contribution in [0.5, 0.6) is 5.88 Å². The second-order valence-corrected chi connectivity index (χ2v) is 8.13. The van der Waals surface area contributed by atoms with E-state index in [1.165, 1.54) is 11.1 Å². The molecule has 2 aliphatic heterocycles. The van der Waals surface area contributed by atoms with Gasteiger partial charge in [0.1, 0.15) is 5.69 Å². The molecule has 1 saturated heterocycles. The number of hydrogen-bond acceptors (Lipinski definition) is 7. The van der Waals surface area contributed by atoms with Crippen molar-refractivity contribution >= 4 is 22.5 Å². The van der Waals surface area contributed by atoms with Crippen LogP contribution in [0.3, 0.4) is 0 Å². The molecule has 0 amide bonds. The van der Waals surface area contributed by atoms with E-state index in [1.54, 1.807) is 7.11 Å². The molecule has 0 bridgehead atoms. The van der Waals surface area contributed by atoms with Crippen LogP contribution < -0.4 is 10.1 Å². The molecule has 2 aromatic heterocycles. The number of fused-ring (bicyclic) bond motifs is 2. The van der Waals surface area contributed by atoms with Crippen molar-refractivity contribution in [2.24, 2.45) is 0 Å². The van der Waals surface area contributed by atoms with Crippen LogP contribution in [0.4, 0.5) is 11.6 Å². The highest BCUT2D eigenvalue weighted by Gasteiger charge is 2.21. The van der Waals surface area contributed by atoms with E-state index in [-0.39, 0.29) is 0 Å². The van der Waals surface area contributed by atoms with Crippen LogP contribution in [-0.2, 0) is 17.7 Å². The van der Waals surface area contributed by atoms with Gasteiger partial charge >= 0.3 is 0 Å². The molecule has 3 aromatic rings. The van der Waals surface area contributed by atoms with E-state index in [0.717, 1.165) is 67.8 Å². The molecule has 0 spiro atoms. The summed E-state index contributed by atoms with van der Waals surface area (Å²) in [6.07, 6.45) is 4.88. The Hall–Kier alpha value is -2.77. The smallest absolute Gasteiger partial charge is 0.237 e. The predicted molar refractivity (Wildman–Crippen MR) is 116 cm³/mol. The molecule has 30 heavy (non-hydrogen) atoms. The fourth-order valence-corrected chi connectivity index (χ4v) is 4.44. The van der Waals surface area contributed by atoms with Crippen LogP contribution in [-0.4, -0.2) is 53.8 Å². The summed E-state index contributed by atoms with van der Waals surface area (Å²) in [7, 11) is 3.78. The van der Waals surface area contributed by atoms with E-state index < -0.39 is 0 Å². The molecular formula is C23H27N5O2. The average Bonchev–Trinajstić information content (AvgIpc) is 2.78. The summed E-state index contributed by atoms with van der Waals surface area (Å²) in [5.74, 6) is 1.62. The van der Waals surface area contributed by atoms with Crippen molar-refractivity contribution in [3.63, 3.8) is 0 Å². The molecule has 5 rings (SSSR count). The third kappa shape index (κ3) is 3.70. The molecule has 1 N–H and O–H groups in total. The van der Waals surface area contributed by atoms with Gasteiger partial charge in [-0.25, -0.2) is 15.0 Å². The van der Waals surface area contributed by atoms with Crippen molar-refractivity contribution in [3.8, 4) is 5.88 Å². The van der Waals surface area contributed by atoms with Crippen molar-refractivity contribution in [3.05, 3.63) is 47.3 Å². The lowest BCUT2D eigenvalue weighted by Crippen LogP contribution is -2.27. The quantitative estimate of drug-likeness (QED) is 0.710. The van der Waals surface area contributed by atoms with Gasteiger partial charge in [0, 0.05) is 44.3 Å². The number of hydrogen-bond donors (Lipinski definition) is 1. The van der Waals surface area contributed by atoms with Crippen molar-refractivity contribution in [1.29, 1.82) is 0 Å². The van der Waals surface area contributed by atoms with Gasteiger partial charge in [-0.15, -0.1) is 0 Å². The Morgan fingerprint density at radius 3 is 2.90 bits per heavy atom. The van der Waals surface area contributed by atoms with Crippen LogP contribution in [0, 0.1) is 0 Å². The lowest BCUT2D eigenvalue weighted by Gasteiger charge is -2.25. The molecule has 1 aromatic carbocycles. The van der Waals surface area contributed by atoms with E-state index >= 15 is 0 Å². The maximum atomic E-state index is 5.56. The van der Waals surface area contributed by atoms with Gasteiger partial charge < -0.3 is 19.7 Å². The van der Waals surface area contributed by atoms with Crippen LogP contribution >= 0.6 is 0 Å². The van der Waals surface area contributed by atoms with E-state index in [9.17, 15) is 0 Å². The van der Waals surface area contributed by atoms with Crippen molar-refractivity contribution in [2.45, 2.75) is 31.7 Å². The van der Waals surface area contributed by atoms with Crippen LogP contribution in [0.25, 0.3) is 10.9 Å². The second-order valence-electron chi connectivity index (χ2n) is 8.13. The first kappa shape index (κ1) is 19.2. The van der Waals surface area contributed by atoms with Crippen LogP contribution in [0.1, 0.15) is 35.6 Å². The maximum absolute atomic E-state index is 5.56. The summed E-state index contributed by atoms with van der Waals surface area (Å²) in [6.45, 7) is 3.51. The fraction of sp³-hybridized carbons (Fsp3) is 0.435. The first-order valence-corrected chi connectivity index (χ1v) is 10.6. The Balaban J connectivity index is 1.50. The fourth-order valence-electron chi connectivity index (χ4n) is 4.44. The third-order valence-corrected chi connectivity index (χ3v) is 6.07. The van der Waals surface area contributed by atoms with Gasteiger partial charge in [0.15, 0.2) is 0 Å². The predicted octanol–water partition coefficient (Wildman–Crippen LogP) is 3.66.